The summed E-state index contributed by atoms with van der Waals surface area (Å²) in [6, 6.07) is 7.32. The molecule has 0 fully saturated rings. The monoisotopic (exact) mass is 252 g/mol. The molecular formula is C13H16O3S. The van der Waals surface area contributed by atoms with Gasteiger partial charge in [0.25, 0.3) is 0 Å². The molecule has 0 atom stereocenters. The van der Waals surface area contributed by atoms with Gasteiger partial charge in [-0.25, -0.2) is 0 Å². The molecule has 0 spiro atoms. The average Bonchev–Trinajstić information content (AvgIpc) is 2.28. The van der Waals surface area contributed by atoms with Gasteiger partial charge < -0.3 is 5.11 Å². The number of rotatable bonds is 6. The topological polar surface area (TPSA) is 54.4 Å². The molecule has 1 aromatic carbocycles. The van der Waals surface area contributed by atoms with Gasteiger partial charge in [0.1, 0.15) is 0 Å². The first-order valence-electron chi connectivity index (χ1n) is 5.49. The van der Waals surface area contributed by atoms with Crippen molar-refractivity contribution in [3.63, 3.8) is 0 Å². The van der Waals surface area contributed by atoms with Gasteiger partial charge in [0.2, 0.25) is 0 Å². The smallest absolute Gasteiger partial charge is 0.304 e. The molecule has 3 nitrogen and oxygen atoms in total. The zero-order valence-corrected chi connectivity index (χ0v) is 10.8. The molecule has 0 saturated carbocycles. The summed E-state index contributed by atoms with van der Waals surface area (Å²) in [5.74, 6) is -0.107. The zero-order valence-electron chi connectivity index (χ0n) is 9.97. The van der Waals surface area contributed by atoms with E-state index in [4.69, 9.17) is 5.11 Å². The Bertz CT molecular complexity index is 396. The third-order valence-electron chi connectivity index (χ3n) is 2.25. The molecule has 1 aromatic rings. The Morgan fingerprint density at radius 3 is 2.29 bits per heavy atom. The van der Waals surface area contributed by atoms with Crippen molar-refractivity contribution in [2.24, 2.45) is 5.92 Å². The molecule has 17 heavy (non-hydrogen) atoms. The van der Waals surface area contributed by atoms with Gasteiger partial charge in [0.15, 0.2) is 5.78 Å². The largest absolute Gasteiger partial charge is 0.481 e. The number of carboxylic acids is 1. The summed E-state index contributed by atoms with van der Waals surface area (Å²) in [6.07, 6.45) is 0.150. The van der Waals surface area contributed by atoms with Gasteiger partial charge in [0.05, 0.1) is 6.42 Å². The Kier molecular flexibility index (Phi) is 5.22. The van der Waals surface area contributed by atoms with Crippen molar-refractivity contribution in [3.8, 4) is 0 Å². The quantitative estimate of drug-likeness (QED) is 0.624. The van der Waals surface area contributed by atoms with Crippen molar-refractivity contribution in [2.75, 3.05) is 5.75 Å². The van der Waals surface area contributed by atoms with Gasteiger partial charge in [-0.1, -0.05) is 26.0 Å². The first-order valence-corrected chi connectivity index (χ1v) is 6.48. The van der Waals surface area contributed by atoms with Crippen LogP contribution in [0.15, 0.2) is 29.2 Å². The first kappa shape index (κ1) is 13.8. The Hall–Kier alpha value is -1.29. The molecule has 1 N–H and O–H groups in total. The lowest BCUT2D eigenvalue weighted by Gasteiger charge is -2.05. The average molecular weight is 252 g/mol. The molecule has 0 heterocycles. The van der Waals surface area contributed by atoms with E-state index < -0.39 is 5.97 Å². The van der Waals surface area contributed by atoms with E-state index in [9.17, 15) is 9.59 Å². The molecular weight excluding hydrogens is 236 g/mol. The van der Waals surface area contributed by atoms with E-state index in [-0.39, 0.29) is 18.1 Å². The van der Waals surface area contributed by atoms with Crippen molar-refractivity contribution in [3.05, 3.63) is 29.8 Å². The summed E-state index contributed by atoms with van der Waals surface area (Å²) < 4.78 is 0. The second kappa shape index (κ2) is 6.45. The van der Waals surface area contributed by atoms with E-state index in [0.717, 1.165) is 4.90 Å². The summed E-state index contributed by atoms with van der Waals surface area (Å²) in [5.41, 5.74) is 0.711. The van der Waals surface area contributed by atoms with Crippen LogP contribution in [0.25, 0.3) is 0 Å². The SMILES string of the molecule is CC(C)C(=O)c1ccc(SCCC(=O)O)cc1. The van der Waals surface area contributed by atoms with Gasteiger partial charge >= 0.3 is 5.97 Å². The lowest BCUT2D eigenvalue weighted by molar-refractivity contribution is -0.136. The highest BCUT2D eigenvalue weighted by Gasteiger charge is 2.09. The number of carboxylic acid groups (broad SMARTS) is 1. The number of carbonyl (C=O) groups is 2. The minimum Gasteiger partial charge on any atom is -0.481 e. The number of hydrogen-bond acceptors (Lipinski definition) is 3. The Morgan fingerprint density at radius 2 is 1.82 bits per heavy atom. The van der Waals surface area contributed by atoms with Crippen LogP contribution in [0.2, 0.25) is 0 Å². The molecule has 0 aliphatic heterocycles. The normalized spacial score (nSPS) is 10.5. The van der Waals surface area contributed by atoms with Crippen LogP contribution in [-0.4, -0.2) is 22.6 Å². The number of benzene rings is 1. The minimum atomic E-state index is -0.788. The molecule has 0 aliphatic rings. The van der Waals surface area contributed by atoms with Crippen LogP contribution in [0.4, 0.5) is 0 Å². The fourth-order valence-electron chi connectivity index (χ4n) is 1.30. The van der Waals surface area contributed by atoms with E-state index in [2.05, 4.69) is 0 Å². The first-order chi connectivity index (χ1) is 8.00. The van der Waals surface area contributed by atoms with E-state index in [1.54, 1.807) is 12.1 Å². The molecule has 0 saturated heterocycles. The molecule has 1 rings (SSSR count). The van der Waals surface area contributed by atoms with Crippen LogP contribution in [0.3, 0.4) is 0 Å². The van der Waals surface area contributed by atoms with E-state index >= 15 is 0 Å². The zero-order chi connectivity index (χ0) is 12.8. The van der Waals surface area contributed by atoms with Crippen molar-refractivity contribution >= 4 is 23.5 Å². The Labute approximate surface area is 105 Å². The van der Waals surface area contributed by atoms with Crippen molar-refractivity contribution in [1.29, 1.82) is 0 Å². The number of carbonyl (C=O) groups excluding carboxylic acids is 1. The molecule has 0 amide bonds. The second-order valence-corrected chi connectivity index (χ2v) is 5.20. The number of aliphatic carboxylic acids is 1. The third-order valence-corrected chi connectivity index (χ3v) is 3.26. The molecule has 0 bridgehead atoms. The van der Waals surface area contributed by atoms with Crippen LogP contribution in [0.1, 0.15) is 30.6 Å². The number of Topliss-reactive ketones (excluding diaryl/α,β-unsaturated/α-hetero) is 1. The summed E-state index contributed by atoms with van der Waals surface area (Å²) in [6.45, 7) is 3.75. The molecule has 0 radical (unpaired) electrons. The van der Waals surface area contributed by atoms with Crippen LogP contribution >= 0.6 is 11.8 Å². The van der Waals surface area contributed by atoms with Crippen molar-refractivity contribution in [2.45, 2.75) is 25.2 Å². The van der Waals surface area contributed by atoms with E-state index in [1.165, 1.54) is 11.8 Å². The molecule has 4 heteroatoms. The van der Waals surface area contributed by atoms with Crippen molar-refractivity contribution in [1.82, 2.24) is 0 Å². The lowest BCUT2D eigenvalue weighted by atomic mass is 10.0. The minimum absolute atomic E-state index is 0.000475. The molecule has 0 unspecified atom stereocenters. The lowest BCUT2D eigenvalue weighted by Crippen LogP contribution is -2.06. The van der Waals surface area contributed by atoms with E-state index in [1.807, 2.05) is 26.0 Å². The van der Waals surface area contributed by atoms with Crippen molar-refractivity contribution < 1.29 is 14.7 Å². The molecule has 0 aliphatic carbocycles. The fraction of sp³-hybridized carbons (Fsp3) is 0.385. The predicted octanol–water partition coefficient (Wildman–Crippen LogP) is 3.09. The fourth-order valence-corrected chi connectivity index (χ4v) is 2.15. The standard InChI is InChI=1S/C13H16O3S/c1-9(2)13(16)10-3-5-11(6-4-10)17-8-7-12(14)15/h3-6,9H,7-8H2,1-2H3,(H,14,15). The van der Waals surface area contributed by atoms with Crippen LogP contribution in [-0.2, 0) is 4.79 Å². The summed E-state index contributed by atoms with van der Waals surface area (Å²) >= 11 is 1.49. The van der Waals surface area contributed by atoms with E-state index in [0.29, 0.717) is 11.3 Å². The summed E-state index contributed by atoms with van der Waals surface area (Å²) in [5, 5.41) is 8.51. The molecule has 0 aromatic heterocycles. The maximum absolute atomic E-state index is 11.7. The number of hydrogen-bond donors (Lipinski definition) is 1. The summed E-state index contributed by atoms with van der Waals surface area (Å²) in [7, 11) is 0. The number of thioether (sulfide) groups is 1. The van der Waals surface area contributed by atoms with Crippen LogP contribution in [0.5, 0.6) is 0 Å². The Balaban J connectivity index is 2.56. The highest BCUT2D eigenvalue weighted by Crippen LogP contribution is 2.20. The highest BCUT2D eigenvalue weighted by atomic mass is 32.2. The highest BCUT2D eigenvalue weighted by molar-refractivity contribution is 7.99. The number of ketones is 1. The second-order valence-electron chi connectivity index (χ2n) is 4.04. The third kappa shape index (κ3) is 4.61. The van der Waals surface area contributed by atoms with Gasteiger partial charge in [-0.05, 0) is 12.1 Å². The van der Waals surface area contributed by atoms with Gasteiger partial charge in [0, 0.05) is 22.1 Å². The maximum Gasteiger partial charge on any atom is 0.304 e. The Morgan fingerprint density at radius 1 is 1.24 bits per heavy atom. The van der Waals surface area contributed by atoms with Gasteiger partial charge in [-0.3, -0.25) is 9.59 Å². The predicted molar refractivity (Wildman–Crippen MR) is 68.6 cm³/mol. The summed E-state index contributed by atoms with van der Waals surface area (Å²) in [4.78, 5) is 23.0. The molecule has 92 valence electrons. The van der Waals surface area contributed by atoms with Gasteiger partial charge in [-0.2, -0.15) is 0 Å². The van der Waals surface area contributed by atoms with Crippen LogP contribution in [0, 0.1) is 5.92 Å². The van der Waals surface area contributed by atoms with Crippen LogP contribution < -0.4 is 0 Å². The van der Waals surface area contributed by atoms with Gasteiger partial charge in [-0.15, -0.1) is 11.8 Å². The maximum atomic E-state index is 11.7.